The molecule has 5 heteroatoms. The maximum absolute atomic E-state index is 12.7. The van der Waals surface area contributed by atoms with Crippen LogP contribution in [0.4, 0.5) is 13.2 Å². The molecule has 0 saturated carbocycles. The van der Waals surface area contributed by atoms with Crippen molar-refractivity contribution in [2.24, 2.45) is 0 Å². The highest BCUT2D eigenvalue weighted by Crippen LogP contribution is 2.29. The molecule has 1 aromatic heterocycles. The largest absolute Gasteiger partial charge is 0.415 e. The summed E-state index contributed by atoms with van der Waals surface area (Å²) in [6.07, 6.45) is 5.77. The van der Waals surface area contributed by atoms with Crippen molar-refractivity contribution >= 4 is 16.9 Å². The molecule has 0 aliphatic heterocycles. The molecule has 136 valence electrons. The molecule has 25 heavy (non-hydrogen) atoms. The van der Waals surface area contributed by atoms with Crippen molar-refractivity contribution in [2.45, 2.75) is 46.7 Å². The van der Waals surface area contributed by atoms with Crippen LogP contribution in [0.15, 0.2) is 59.1 Å². The van der Waals surface area contributed by atoms with Gasteiger partial charge in [-0.1, -0.05) is 49.0 Å². The van der Waals surface area contributed by atoms with Crippen molar-refractivity contribution in [3.63, 3.8) is 0 Å². The van der Waals surface area contributed by atoms with Gasteiger partial charge in [0.15, 0.2) is 0 Å². The van der Waals surface area contributed by atoms with E-state index in [4.69, 9.17) is 0 Å². The van der Waals surface area contributed by atoms with Crippen molar-refractivity contribution < 1.29 is 13.2 Å². The molecule has 1 rings (SSSR count). The third-order valence-corrected chi connectivity index (χ3v) is 4.38. The van der Waals surface area contributed by atoms with Gasteiger partial charge in [0, 0.05) is 22.9 Å². The number of halogens is 3. The molecular weight excluding hydrogens is 343 g/mol. The Morgan fingerprint density at radius 2 is 1.96 bits per heavy atom. The summed E-state index contributed by atoms with van der Waals surface area (Å²) in [5.74, 6) is 0. The van der Waals surface area contributed by atoms with Crippen LogP contribution in [-0.4, -0.2) is 11.2 Å². The molecule has 0 fully saturated rings. The average molecular weight is 367 g/mol. The number of rotatable bonds is 7. The lowest BCUT2D eigenvalue weighted by molar-refractivity contribution is -0.0877. The van der Waals surface area contributed by atoms with Crippen molar-refractivity contribution in [2.75, 3.05) is 0 Å². The summed E-state index contributed by atoms with van der Waals surface area (Å²) in [6, 6.07) is 0. The number of thiazole rings is 1. The maximum atomic E-state index is 12.7. The molecule has 1 heterocycles. The molecule has 0 aliphatic carbocycles. The van der Waals surface area contributed by atoms with E-state index in [1.54, 1.807) is 24.5 Å². The lowest BCUT2D eigenvalue weighted by Gasteiger charge is -2.07. The predicted octanol–water partition coefficient (Wildman–Crippen LogP) is 7.07. The fourth-order valence-electron chi connectivity index (χ4n) is 2.18. The fourth-order valence-corrected chi connectivity index (χ4v) is 3.08. The van der Waals surface area contributed by atoms with Crippen LogP contribution in [0, 0.1) is 0 Å². The second-order valence-electron chi connectivity index (χ2n) is 5.63. The second-order valence-corrected chi connectivity index (χ2v) is 6.58. The maximum Gasteiger partial charge on any atom is 0.415 e. The number of aromatic nitrogens is 1. The van der Waals surface area contributed by atoms with Crippen LogP contribution < -0.4 is 0 Å². The quantitative estimate of drug-likeness (QED) is 0.470. The van der Waals surface area contributed by atoms with Gasteiger partial charge in [0.05, 0.1) is 10.7 Å². The van der Waals surface area contributed by atoms with Gasteiger partial charge in [-0.25, -0.2) is 4.98 Å². The van der Waals surface area contributed by atoms with E-state index in [9.17, 15) is 13.2 Å². The summed E-state index contributed by atoms with van der Waals surface area (Å²) in [5, 5.41) is 2.66. The van der Waals surface area contributed by atoms with E-state index < -0.39 is 11.7 Å². The minimum atomic E-state index is -4.44. The summed E-state index contributed by atoms with van der Waals surface area (Å²) in [7, 11) is 0. The van der Waals surface area contributed by atoms with Crippen molar-refractivity contribution in [1.82, 2.24) is 4.98 Å². The number of hydrogen-bond donors (Lipinski definition) is 0. The first-order chi connectivity index (χ1) is 11.7. The molecule has 0 spiro atoms. The zero-order valence-electron chi connectivity index (χ0n) is 15.1. The molecule has 0 atom stereocenters. The molecule has 1 aromatic rings. The van der Waals surface area contributed by atoms with Crippen molar-refractivity contribution in [1.29, 1.82) is 0 Å². The number of alkyl halides is 3. The highest BCUT2D eigenvalue weighted by molar-refractivity contribution is 7.09. The van der Waals surface area contributed by atoms with E-state index in [-0.39, 0.29) is 0 Å². The fraction of sp³-hybridized carbons (Fsp3) is 0.350. The standard InChI is InChI=1S/C20H24F3NS/c1-6-9-17(12-15(5)20(21,22)23)18-13-25-19(24-18)11-14(4)10-16(7-2)8-3/h6-7,9-10,12-13H,5,8,11H2,1-4H3/b9-6-,14-10+,16-7-,17-12+. The van der Waals surface area contributed by atoms with Gasteiger partial charge in [0.2, 0.25) is 0 Å². The number of hydrogen-bond acceptors (Lipinski definition) is 2. The van der Waals surface area contributed by atoms with Gasteiger partial charge < -0.3 is 0 Å². The molecule has 0 unspecified atom stereocenters. The van der Waals surface area contributed by atoms with E-state index in [0.717, 1.165) is 17.5 Å². The van der Waals surface area contributed by atoms with E-state index in [2.05, 4.69) is 30.6 Å². The summed E-state index contributed by atoms with van der Waals surface area (Å²) < 4.78 is 38.2. The molecule has 0 radical (unpaired) electrons. The molecule has 0 aliphatic rings. The highest BCUT2D eigenvalue weighted by Gasteiger charge is 2.30. The van der Waals surface area contributed by atoms with Crippen LogP contribution >= 0.6 is 11.3 Å². The highest BCUT2D eigenvalue weighted by atomic mass is 32.1. The van der Waals surface area contributed by atoms with Gasteiger partial charge in [-0.2, -0.15) is 13.2 Å². The van der Waals surface area contributed by atoms with Gasteiger partial charge in [0.1, 0.15) is 0 Å². The summed E-state index contributed by atoms with van der Waals surface area (Å²) in [4.78, 5) is 4.49. The lowest BCUT2D eigenvalue weighted by atomic mass is 10.1. The lowest BCUT2D eigenvalue weighted by Crippen LogP contribution is -2.08. The summed E-state index contributed by atoms with van der Waals surface area (Å²) >= 11 is 1.45. The Balaban J connectivity index is 3.04. The van der Waals surface area contributed by atoms with Crippen molar-refractivity contribution in [3.05, 3.63) is 69.8 Å². The Morgan fingerprint density at radius 3 is 2.48 bits per heavy atom. The molecular formula is C20H24F3NS. The first-order valence-electron chi connectivity index (χ1n) is 8.08. The number of nitrogens with zero attached hydrogens (tertiary/aromatic N) is 1. The molecule has 1 nitrogen and oxygen atoms in total. The van der Waals surface area contributed by atoms with E-state index in [0.29, 0.717) is 17.7 Å². The van der Waals surface area contributed by atoms with Crippen LogP contribution in [-0.2, 0) is 6.42 Å². The topological polar surface area (TPSA) is 12.9 Å². The van der Waals surface area contributed by atoms with Gasteiger partial charge in [-0.15, -0.1) is 11.3 Å². The smallest absolute Gasteiger partial charge is 0.241 e. The van der Waals surface area contributed by atoms with Crippen LogP contribution in [0.2, 0.25) is 0 Å². The van der Waals surface area contributed by atoms with E-state index in [1.165, 1.54) is 22.5 Å². The van der Waals surface area contributed by atoms with Gasteiger partial charge in [0.25, 0.3) is 0 Å². The van der Waals surface area contributed by atoms with Gasteiger partial charge in [-0.05, 0) is 33.3 Å². The third kappa shape index (κ3) is 6.86. The number of allylic oxidation sites excluding steroid dienone is 9. The minimum Gasteiger partial charge on any atom is -0.241 e. The molecule has 0 saturated heterocycles. The van der Waals surface area contributed by atoms with Crippen LogP contribution in [0.1, 0.15) is 44.8 Å². The van der Waals surface area contributed by atoms with Gasteiger partial charge in [-0.3, -0.25) is 0 Å². The Bertz CT molecular complexity index is 716. The van der Waals surface area contributed by atoms with Crippen molar-refractivity contribution in [3.8, 4) is 0 Å². The van der Waals surface area contributed by atoms with Crippen LogP contribution in [0.25, 0.3) is 5.57 Å². The van der Waals surface area contributed by atoms with E-state index in [1.807, 2.05) is 13.8 Å². The van der Waals surface area contributed by atoms with Crippen LogP contribution in [0.5, 0.6) is 0 Å². The predicted molar refractivity (Wildman–Crippen MR) is 102 cm³/mol. The SMILES string of the molecule is C=C(/C=C(\C=C/C)c1csc(C/C(C)=C/C(=C\C)CC)n1)C(F)(F)F. The first-order valence-corrected chi connectivity index (χ1v) is 8.96. The molecule has 0 aromatic carbocycles. The summed E-state index contributed by atoms with van der Waals surface area (Å²) in [6.45, 7) is 11.0. The Hall–Kier alpha value is -1.88. The van der Waals surface area contributed by atoms with Crippen LogP contribution in [0.3, 0.4) is 0 Å². The second kappa shape index (κ2) is 9.56. The monoisotopic (exact) mass is 367 g/mol. The zero-order valence-corrected chi connectivity index (χ0v) is 15.9. The molecule has 0 N–H and O–H groups in total. The molecule has 0 amide bonds. The zero-order chi connectivity index (χ0) is 19.0. The summed E-state index contributed by atoms with van der Waals surface area (Å²) in [5.41, 5.74) is 2.50. The third-order valence-electron chi connectivity index (χ3n) is 3.53. The van der Waals surface area contributed by atoms with E-state index >= 15 is 0 Å². The van der Waals surface area contributed by atoms with Gasteiger partial charge >= 0.3 is 6.18 Å². The Kier molecular flexibility index (Phi) is 8.10. The Labute approximate surface area is 152 Å². The average Bonchev–Trinajstić information content (AvgIpc) is 2.99. The molecule has 0 bridgehead atoms. The Morgan fingerprint density at radius 1 is 1.28 bits per heavy atom. The first kappa shape index (κ1) is 21.2. The normalized spacial score (nSPS) is 14.4. The minimum absolute atomic E-state index is 0.414.